The third kappa shape index (κ3) is 3.21. The number of hydrogen-bond acceptors (Lipinski definition) is 4. The number of aliphatic hydroxyl groups excluding tert-OH is 2. The van der Waals surface area contributed by atoms with Crippen molar-refractivity contribution in [3.05, 3.63) is 36.0 Å². The first-order chi connectivity index (χ1) is 10.4. The zero-order valence-corrected chi connectivity index (χ0v) is 13.3. The lowest BCUT2D eigenvalue weighted by atomic mass is 9.91. The number of rotatable bonds is 7. The topological polar surface area (TPSA) is 76.6 Å². The summed E-state index contributed by atoms with van der Waals surface area (Å²) in [5.41, 5.74) is 0.990. The molecule has 2 rings (SSSR count). The van der Waals surface area contributed by atoms with Crippen molar-refractivity contribution in [3.8, 4) is 0 Å². The smallest absolute Gasteiger partial charge is 0.181 e. The van der Waals surface area contributed by atoms with Crippen LogP contribution < -0.4 is 0 Å². The SMILES string of the molecule is CC(C(=O)c1c[nH]c2ccccc12)N(C)CC(C)(CO)CO. The third-order valence-electron chi connectivity index (χ3n) is 4.29. The maximum absolute atomic E-state index is 12.7. The van der Waals surface area contributed by atoms with Gasteiger partial charge in [-0.15, -0.1) is 0 Å². The van der Waals surface area contributed by atoms with Crippen molar-refractivity contribution in [1.29, 1.82) is 0 Å². The van der Waals surface area contributed by atoms with Gasteiger partial charge in [0.1, 0.15) is 0 Å². The Bertz CT molecular complexity index is 646. The molecular weight excluding hydrogens is 280 g/mol. The van der Waals surface area contributed by atoms with Crippen LogP contribution in [0.2, 0.25) is 0 Å². The predicted octanol–water partition coefficient (Wildman–Crippen LogP) is 1.66. The Morgan fingerprint density at radius 2 is 1.95 bits per heavy atom. The molecule has 0 aliphatic heterocycles. The zero-order valence-electron chi connectivity index (χ0n) is 13.3. The minimum Gasteiger partial charge on any atom is -0.396 e. The van der Waals surface area contributed by atoms with E-state index in [4.69, 9.17) is 0 Å². The molecule has 0 spiro atoms. The van der Waals surface area contributed by atoms with Crippen LogP contribution in [0.4, 0.5) is 0 Å². The summed E-state index contributed by atoms with van der Waals surface area (Å²) in [6, 6.07) is 7.37. The van der Waals surface area contributed by atoms with Gasteiger partial charge < -0.3 is 15.2 Å². The first-order valence-corrected chi connectivity index (χ1v) is 7.44. The number of nitrogens with zero attached hydrogens (tertiary/aromatic N) is 1. The van der Waals surface area contributed by atoms with Crippen LogP contribution in [-0.2, 0) is 0 Å². The molecule has 1 heterocycles. The molecule has 0 fully saturated rings. The van der Waals surface area contributed by atoms with Crippen LogP contribution in [0, 0.1) is 5.41 Å². The number of aromatic amines is 1. The van der Waals surface area contributed by atoms with E-state index < -0.39 is 5.41 Å². The quantitative estimate of drug-likeness (QED) is 0.680. The standard InChI is InChI=1S/C17H24N2O3/c1-12(19(3)9-17(2,10-20)11-21)16(22)14-8-18-15-7-5-4-6-13(14)15/h4-8,12,18,20-21H,9-11H2,1-3H3. The van der Waals surface area contributed by atoms with E-state index in [1.807, 2.05) is 43.1 Å². The van der Waals surface area contributed by atoms with Gasteiger partial charge in [0.05, 0.1) is 19.3 Å². The van der Waals surface area contributed by atoms with E-state index in [1.165, 1.54) is 0 Å². The van der Waals surface area contributed by atoms with Crippen molar-refractivity contribution in [2.45, 2.75) is 19.9 Å². The largest absolute Gasteiger partial charge is 0.396 e. The fourth-order valence-electron chi connectivity index (χ4n) is 2.59. The minimum atomic E-state index is -0.622. The monoisotopic (exact) mass is 304 g/mol. The van der Waals surface area contributed by atoms with Crippen LogP contribution in [0.15, 0.2) is 30.5 Å². The summed E-state index contributed by atoms with van der Waals surface area (Å²) in [7, 11) is 1.83. The van der Waals surface area contributed by atoms with Crippen LogP contribution in [0.1, 0.15) is 24.2 Å². The summed E-state index contributed by atoms with van der Waals surface area (Å²) in [4.78, 5) is 17.7. The van der Waals surface area contributed by atoms with Crippen molar-refractivity contribution < 1.29 is 15.0 Å². The van der Waals surface area contributed by atoms with Crippen molar-refractivity contribution in [3.63, 3.8) is 0 Å². The van der Waals surface area contributed by atoms with Crippen LogP contribution in [-0.4, -0.2) is 58.7 Å². The highest BCUT2D eigenvalue weighted by Gasteiger charge is 2.29. The number of para-hydroxylation sites is 1. The molecule has 1 unspecified atom stereocenters. The first kappa shape index (κ1) is 16.7. The summed E-state index contributed by atoms with van der Waals surface area (Å²) < 4.78 is 0. The summed E-state index contributed by atoms with van der Waals surface area (Å²) in [5.74, 6) is 0.0261. The first-order valence-electron chi connectivity index (χ1n) is 7.44. The van der Waals surface area contributed by atoms with Gasteiger partial charge in [-0.1, -0.05) is 25.1 Å². The summed E-state index contributed by atoms with van der Waals surface area (Å²) in [6.07, 6.45) is 1.74. The molecule has 0 aliphatic rings. The number of benzene rings is 1. The Morgan fingerprint density at radius 1 is 1.32 bits per heavy atom. The number of H-pyrrole nitrogens is 1. The Hall–Kier alpha value is -1.69. The fraction of sp³-hybridized carbons (Fsp3) is 0.471. The molecular formula is C17H24N2O3. The van der Waals surface area contributed by atoms with Crippen molar-refractivity contribution in [1.82, 2.24) is 9.88 Å². The minimum absolute atomic E-state index is 0.0261. The highest BCUT2D eigenvalue weighted by atomic mass is 16.3. The number of nitrogens with one attached hydrogen (secondary N) is 1. The summed E-state index contributed by atoms with van der Waals surface area (Å²) in [5, 5.41) is 19.7. The van der Waals surface area contributed by atoms with Crippen LogP contribution in [0.3, 0.4) is 0 Å². The molecule has 5 nitrogen and oxygen atoms in total. The van der Waals surface area contributed by atoms with Gasteiger partial charge in [-0.05, 0) is 20.0 Å². The van der Waals surface area contributed by atoms with Crippen LogP contribution >= 0.6 is 0 Å². The Morgan fingerprint density at radius 3 is 2.59 bits per heavy atom. The van der Waals surface area contributed by atoms with E-state index in [1.54, 1.807) is 13.1 Å². The van der Waals surface area contributed by atoms with Crippen LogP contribution in [0.5, 0.6) is 0 Å². The normalized spacial score (nSPS) is 13.7. The third-order valence-corrected chi connectivity index (χ3v) is 4.29. The number of fused-ring (bicyclic) bond motifs is 1. The Kier molecular flexibility index (Phi) is 5.01. The lowest BCUT2D eigenvalue weighted by molar-refractivity contribution is 0.0319. The summed E-state index contributed by atoms with van der Waals surface area (Å²) in [6.45, 7) is 3.84. The molecule has 1 atom stereocenters. The highest BCUT2D eigenvalue weighted by Crippen LogP contribution is 2.22. The number of likely N-dealkylation sites (N-methyl/N-ethyl adjacent to an activating group) is 1. The van der Waals surface area contributed by atoms with Crippen molar-refractivity contribution in [2.24, 2.45) is 5.41 Å². The van der Waals surface area contributed by atoms with Crippen LogP contribution in [0.25, 0.3) is 10.9 Å². The molecule has 5 heteroatoms. The van der Waals surface area contributed by atoms with E-state index in [0.717, 1.165) is 10.9 Å². The maximum atomic E-state index is 12.7. The molecule has 0 aliphatic carbocycles. The molecule has 1 aromatic heterocycles. The lowest BCUT2D eigenvalue weighted by Gasteiger charge is -2.33. The number of carbonyl (C=O) groups excluding carboxylic acids is 1. The number of carbonyl (C=O) groups is 1. The zero-order chi connectivity index (χ0) is 16.3. The van der Waals surface area contributed by atoms with Gasteiger partial charge in [0.15, 0.2) is 5.78 Å². The van der Waals surface area contributed by atoms with E-state index in [0.29, 0.717) is 12.1 Å². The second-order valence-corrected chi connectivity index (χ2v) is 6.33. The van der Waals surface area contributed by atoms with Gasteiger partial charge in [0.2, 0.25) is 0 Å². The number of hydrogen-bond donors (Lipinski definition) is 3. The molecule has 3 N–H and O–H groups in total. The molecule has 1 aromatic carbocycles. The van der Waals surface area contributed by atoms with E-state index in [-0.39, 0.29) is 25.0 Å². The maximum Gasteiger partial charge on any atom is 0.181 e. The average Bonchev–Trinajstić information content (AvgIpc) is 2.97. The number of aromatic nitrogens is 1. The summed E-state index contributed by atoms with van der Waals surface area (Å²) >= 11 is 0. The molecule has 0 radical (unpaired) electrons. The predicted molar refractivity (Wildman–Crippen MR) is 87.0 cm³/mol. The number of ketones is 1. The van der Waals surface area contributed by atoms with Gasteiger partial charge in [0, 0.05) is 34.6 Å². The fourth-order valence-corrected chi connectivity index (χ4v) is 2.59. The van der Waals surface area contributed by atoms with Gasteiger partial charge in [-0.3, -0.25) is 9.69 Å². The van der Waals surface area contributed by atoms with Crippen molar-refractivity contribution in [2.75, 3.05) is 26.8 Å². The molecule has 22 heavy (non-hydrogen) atoms. The number of aliphatic hydroxyl groups is 2. The molecule has 2 aromatic rings. The van der Waals surface area contributed by atoms with Gasteiger partial charge in [-0.2, -0.15) is 0 Å². The van der Waals surface area contributed by atoms with Crippen molar-refractivity contribution >= 4 is 16.7 Å². The average molecular weight is 304 g/mol. The molecule has 0 bridgehead atoms. The van der Waals surface area contributed by atoms with Gasteiger partial charge in [-0.25, -0.2) is 0 Å². The lowest BCUT2D eigenvalue weighted by Crippen LogP contribution is -2.45. The second-order valence-electron chi connectivity index (χ2n) is 6.33. The highest BCUT2D eigenvalue weighted by molar-refractivity contribution is 6.10. The molecule has 120 valence electrons. The van der Waals surface area contributed by atoms with Gasteiger partial charge >= 0.3 is 0 Å². The van der Waals surface area contributed by atoms with E-state index in [9.17, 15) is 15.0 Å². The van der Waals surface area contributed by atoms with E-state index >= 15 is 0 Å². The molecule has 0 saturated heterocycles. The molecule has 0 amide bonds. The molecule has 0 saturated carbocycles. The number of Topliss-reactive ketones (excluding diaryl/α,β-unsaturated/α-hetero) is 1. The second kappa shape index (κ2) is 6.60. The Balaban J connectivity index is 2.18. The van der Waals surface area contributed by atoms with E-state index in [2.05, 4.69) is 4.98 Å². The van der Waals surface area contributed by atoms with Gasteiger partial charge in [0.25, 0.3) is 0 Å². The Labute approximate surface area is 130 Å².